The Morgan fingerprint density at radius 2 is 2.11 bits per heavy atom. The molecule has 3 rings (SSSR count). The van der Waals surface area contributed by atoms with Crippen molar-refractivity contribution in [3.05, 3.63) is 29.6 Å². The first-order chi connectivity index (χ1) is 9.28. The second-order valence-electron chi connectivity index (χ2n) is 5.13. The minimum absolute atomic E-state index is 0.425. The number of nitrogens with one attached hydrogen (secondary N) is 2. The SMILES string of the molecule is O=C(NO)c1ccc2nc(C3CCCCC3)[nH]c2c1. The number of nitrogens with zero attached hydrogens (tertiary/aromatic N) is 1. The number of hydrogen-bond donors (Lipinski definition) is 3. The van der Waals surface area contributed by atoms with Crippen LogP contribution in [0.15, 0.2) is 18.2 Å². The van der Waals surface area contributed by atoms with E-state index >= 15 is 0 Å². The quantitative estimate of drug-likeness (QED) is 0.573. The molecule has 1 saturated carbocycles. The number of benzene rings is 1. The van der Waals surface area contributed by atoms with E-state index in [-0.39, 0.29) is 0 Å². The number of H-pyrrole nitrogens is 1. The van der Waals surface area contributed by atoms with Crippen LogP contribution in [-0.4, -0.2) is 21.1 Å². The number of carbonyl (C=O) groups is 1. The van der Waals surface area contributed by atoms with Gasteiger partial charge in [0.1, 0.15) is 5.82 Å². The smallest absolute Gasteiger partial charge is 0.274 e. The third kappa shape index (κ3) is 2.33. The highest BCUT2D eigenvalue weighted by molar-refractivity contribution is 5.96. The van der Waals surface area contributed by atoms with Crippen LogP contribution in [0.1, 0.15) is 54.2 Å². The molecular formula is C14H17N3O2. The van der Waals surface area contributed by atoms with Crippen molar-refractivity contribution in [2.75, 3.05) is 0 Å². The van der Waals surface area contributed by atoms with Crippen molar-refractivity contribution in [3.8, 4) is 0 Å². The van der Waals surface area contributed by atoms with E-state index in [4.69, 9.17) is 5.21 Å². The lowest BCUT2D eigenvalue weighted by Crippen LogP contribution is -2.18. The van der Waals surface area contributed by atoms with Crippen LogP contribution in [0.25, 0.3) is 11.0 Å². The number of aromatic nitrogens is 2. The summed E-state index contributed by atoms with van der Waals surface area (Å²) in [5, 5.41) is 8.64. The molecule has 1 aromatic heterocycles. The maximum atomic E-state index is 11.4. The van der Waals surface area contributed by atoms with Crippen molar-refractivity contribution in [3.63, 3.8) is 0 Å². The highest BCUT2D eigenvalue weighted by atomic mass is 16.5. The van der Waals surface area contributed by atoms with Crippen LogP contribution in [0.2, 0.25) is 0 Å². The van der Waals surface area contributed by atoms with Crippen LogP contribution in [-0.2, 0) is 0 Å². The van der Waals surface area contributed by atoms with E-state index < -0.39 is 5.91 Å². The van der Waals surface area contributed by atoms with E-state index in [0.29, 0.717) is 11.5 Å². The number of hydroxylamine groups is 1. The van der Waals surface area contributed by atoms with Crippen molar-refractivity contribution in [1.29, 1.82) is 0 Å². The largest absolute Gasteiger partial charge is 0.342 e. The van der Waals surface area contributed by atoms with Crippen molar-refractivity contribution in [2.24, 2.45) is 0 Å². The molecule has 2 aromatic rings. The highest BCUT2D eigenvalue weighted by Crippen LogP contribution is 2.32. The maximum absolute atomic E-state index is 11.4. The fourth-order valence-corrected chi connectivity index (χ4v) is 2.80. The van der Waals surface area contributed by atoms with Gasteiger partial charge in [-0.25, -0.2) is 10.5 Å². The maximum Gasteiger partial charge on any atom is 0.274 e. The third-order valence-electron chi connectivity index (χ3n) is 3.86. The molecule has 0 bridgehead atoms. The summed E-state index contributed by atoms with van der Waals surface area (Å²) in [6.45, 7) is 0. The Bertz CT molecular complexity index is 600. The minimum Gasteiger partial charge on any atom is -0.342 e. The standard InChI is InChI=1S/C14H17N3O2/c18-14(17-19)10-6-7-11-12(8-10)16-13(15-11)9-4-2-1-3-5-9/h6-9,19H,1-5H2,(H,15,16)(H,17,18). The second-order valence-corrected chi connectivity index (χ2v) is 5.13. The monoisotopic (exact) mass is 259 g/mol. The Kier molecular flexibility index (Phi) is 3.21. The van der Waals surface area contributed by atoms with E-state index in [1.54, 1.807) is 17.6 Å². The average molecular weight is 259 g/mol. The second kappa shape index (κ2) is 5.01. The Labute approximate surface area is 111 Å². The van der Waals surface area contributed by atoms with Gasteiger partial charge in [0, 0.05) is 11.5 Å². The first-order valence-electron chi connectivity index (χ1n) is 6.72. The summed E-state index contributed by atoms with van der Waals surface area (Å²) in [4.78, 5) is 19.3. The lowest BCUT2D eigenvalue weighted by Gasteiger charge is -2.18. The first-order valence-corrected chi connectivity index (χ1v) is 6.72. The zero-order valence-corrected chi connectivity index (χ0v) is 10.6. The van der Waals surface area contributed by atoms with E-state index in [9.17, 15) is 4.79 Å². The summed E-state index contributed by atoms with van der Waals surface area (Å²) in [6.07, 6.45) is 6.21. The Morgan fingerprint density at radius 3 is 2.84 bits per heavy atom. The van der Waals surface area contributed by atoms with Gasteiger partial charge in [-0.05, 0) is 31.0 Å². The Hall–Kier alpha value is -1.88. The number of carbonyl (C=O) groups excluding carboxylic acids is 1. The van der Waals surface area contributed by atoms with Crippen LogP contribution in [0.3, 0.4) is 0 Å². The Balaban J connectivity index is 1.93. The summed E-state index contributed by atoms with van der Waals surface area (Å²) in [5.41, 5.74) is 3.79. The molecule has 1 aromatic carbocycles. The summed E-state index contributed by atoms with van der Waals surface area (Å²) in [7, 11) is 0. The van der Waals surface area contributed by atoms with Gasteiger partial charge in [-0.15, -0.1) is 0 Å². The summed E-state index contributed by atoms with van der Waals surface area (Å²) >= 11 is 0. The molecule has 0 saturated heterocycles. The summed E-state index contributed by atoms with van der Waals surface area (Å²) < 4.78 is 0. The molecule has 0 radical (unpaired) electrons. The number of amides is 1. The summed E-state index contributed by atoms with van der Waals surface area (Å²) in [5.74, 6) is 1.03. The normalized spacial score (nSPS) is 16.7. The molecule has 0 aliphatic heterocycles. The predicted molar refractivity (Wildman–Crippen MR) is 71.2 cm³/mol. The molecule has 5 heteroatoms. The fraction of sp³-hybridized carbons (Fsp3) is 0.429. The first kappa shape index (κ1) is 12.2. The topological polar surface area (TPSA) is 78.0 Å². The van der Waals surface area contributed by atoms with Gasteiger partial charge in [0.15, 0.2) is 0 Å². The van der Waals surface area contributed by atoms with Crippen LogP contribution in [0, 0.1) is 0 Å². The van der Waals surface area contributed by atoms with Crippen LogP contribution >= 0.6 is 0 Å². The number of imidazole rings is 1. The molecule has 19 heavy (non-hydrogen) atoms. The van der Waals surface area contributed by atoms with Crippen LogP contribution in [0.4, 0.5) is 0 Å². The Morgan fingerprint density at radius 1 is 1.32 bits per heavy atom. The molecule has 0 spiro atoms. The molecule has 100 valence electrons. The molecule has 3 N–H and O–H groups in total. The van der Waals surface area contributed by atoms with Gasteiger partial charge in [0.2, 0.25) is 0 Å². The van der Waals surface area contributed by atoms with Gasteiger partial charge in [-0.3, -0.25) is 10.0 Å². The molecule has 1 heterocycles. The van der Waals surface area contributed by atoms with Gasteiger partial charge in [0.25, 0.3) is 5.91 Å². The van der Waals surface area contributed by atoms with E-state index in [1.165, 1.54) is 32.1 Å². The van der Waals surface area contributed by atoms with Gasteiger partial charge >= 0.3 is 0 Å². The molecule has 1 amide bonds. The zero-order valence-electron chi connectivity index (χ0n) is 10.6. The molecule has 1 fully saturated rings. The van der Waals surface area contributed by atoms with Crippen molar-refractivity contribution < 1.29 is 10.0 Å². The average Bonchev–Trinajstić information content (AvgIpc) is 2.90. The molecule has 1 aliphatic rings. The van der Waals surface area contributed by atoms with Gasteiger partial charge in [0.05, 0.1) is 11.0 Å². The predicted octanol–water partition coefficient (Wildman–Crippen LogP) is 2.73. The molecule has 0 atom stereocenters. The minimum atomic E-state index is -0.504. The van der Waals surface area contributed by atoms with Crippen molar-refractivity contribution in [1.82, 2.24) is 15.4 Å². The fourth-order valence-electron chi connectivity index (χ4n) is 2.80. The van der Waals surface area contributed by atoms with Crippen molar-refractivity contribution in [2.45, 2.75) is 38.0 Å². The lowest BCUT2D eigenvalue weighted by atomic mass is 9.89. The van der Waals surface area contributed by atoms with Gasteiger partial charge in [-0.1, -0.05) is 19.3 Å². The lowest BCUT2D eigenvalue weighted by molar-refractivity contribution is 0.0706. The van der Waals surface area contributed by atoms with Crippen molar-refractivity contribution >= 4 is 16.9 Å². The number of rotatable bonds is 2. The molecular weight excluding hydrogens is 242 g/mol. The molecule has 5 nitrogen and oxygen atoms in total. The zero-order chi connectivity index (χ0) is 13.2. The highest BCUT2D eigenvalue weighted by Gasteiger charge is 2.19. The van der Waals surface area contributed by atoms with Gasteiger partial charge < -0.3 is 4.98 Å². The number of fused-ring (bicyclic) bond motifs is 1. The third-order valence-corrected chi connectivity index (χ3v) is 3.86. The van der Waals surface area contributed by atoms with Gasteiger partial charge in [-0.2, -0.15) is 0 Å². The number of hydrogen-bond acceptors (Lipinski definition) is 3. The van der Waals surface area contributed by atoms with E-state index in [2.05, 4.69) is 9.97 Å². The molecule has 0 unspecified atom stereocenters. The van der Waals surface area contributed by atoms with Crippen LogP contribution < -0.4 is 5.48 Å². The van der Waals surface area contributed by atoms with E-state index in [1.807, 2.05) is 6.07 Å². The number of aromatic amines is 1. The molecule has 1 aliphatic carbocycles. The van der Waals surface area contributed by atoms with E-state index in [0.717, 1.165) is 16.9 Å². The summed E-state index contributed by atoms with van der Waals surface area (Å²) in [6, 6.07) is 5.20. The van der Waals surface area contributed by atoms with Crippen LogP contribution in [0.5, 0.6) is 0 Å².